The van der Waals surface area contributed by atoms with Crippen LogP contribution in [0.3, 0.4) is 0 Å². The highest BCUT2D eigenvalue weighted by atomic mass is 32.2. The summed E-state index contributed by atoms with van der Waals surface area (Å²) in [6, 6.07) is 4.74. The Morgan fingerprint density at radius 1 is 1.33 bits per heavy atom. The van der Waals surface area contributed by atoms with Gasteiger partial charge in [0, 0.05) is 20.1 Å². The predicted octanol–water partition coefficient (Wildman–Crippen LogP) is -0.167. The molecule has 4 N–H and O–H groups in total. The molecule has 0 spiro atoms. The lowest BCUT2D eigenvalue weighted by Gasteiger charge is -2.21. The zero-order chi connectivity index (χ0) is 13.8. The average molecular weight is 272 g/mol. The zero-order valence-electron chi connectivity index (χ0n) is 10.9. The van der Waals surface area contributed by atoms with E-state index in [9.17, 15) is 8.42 Å². The smallest absolute Gasteiger partial charge is 0.240 e. The highest BCUT2D eigenvalue weighted by molar-refractivity contribution is 7.89. The topological polar surface area (TPSA) is 87.5 Å². The molecule has 0 bridgehead atoms. The average Bonchev–Trinajstić information content (AvgIpc) is 2.35. The molecule has 6 nitrogen and oxygen atoms in total. The second-order valence-electron chi connectivity index (χ2n) is 3.95. The highest BCUT2D eigenvalue weighted by Gasteiger charge is 2.14. The second-order valence-corrected chi connectivity index (χ2v) is 5.84. The van der Waals surface area contributed by atoms with Crippen molar-refractivity contribution in [1.29, 1.82) is 0 Å². The zero-order valence-corrected chi connectivity index (χ0v) is 11.7. The standard InChI is InChI=1S/C11H20N4O2S/c1-13-6-7-15(3)11-5-4-9(8-10(11)12)18(16,17)14-2/h4-5,8,13-14H,6-7,12H2,1-3H3. The van der Waals surface area contributed by atoms with E-state index in [4.69, 9.17) is 5.73 Å². The summed E-state index contributed by atoms with van der Waals surface area (Å²) < 4.78 is 25.5. The van der Waals surface area contributed by atoms with E-state index in [1.807, 2.05) is 19.0 Å². The summed E-state index contributed by atoms with van der Waals surface area (Å²) in [7, 11) is 1.72. The summed E-state index contributed by atoms with van der Waals surface area (Å²) in [6.07, 6.45) is 0. The number of sulfonamides is 1. The molecule has 0 aliphatic heterocycles. The van der Waals surface area contributed by atoms with Gasteiger partial charge in [-0.1, -0.05) is 0 Å². The molecule has 0 saturated carbocycles. The second kappa shape index (κ2) is 6.03. The molecule has 18 heavy (non-hydrogen) atoms. The first-order chi connectivity index (χ1) is 8.42. The minimum atomic E-state index is -3.44. The predicted molar refractivity (Wildman–Crippen MR) is 74.3 cm³/mol. The number of anilines is 2. The number of nitrogen functional groups attached to an aromatic ring is 1. The lowest BCUT2D eigenvalue weighted by Crippen LogP contribution is -2.27. The van der Waals surface area contributed by atoms with E-state index < -0.39 is 10.0 Å². The van der Waals surface area contributed by atoms with Gasteiger partial charge in [-0.2, -0.15) is 0 Å². The Balaban J connectivity index is 3.00. The number of benzene rings is 1. The summed E-state index contributed by atoms with van der Waals surface area (Å²) in [6.45, 7) is 1.62. The normalized spacial score (nSPS) is 11.5. The maximum absolute atomic E-state index is 11.6. The van der Waals surface area contributed by atoms with Crippen LogP contribution in [0.25, 0.3) is 0 Å². The van der Waals surface area contributed by atoms with Crippen molar-refractivity contribution in [2.75, 3.05) is 44.9 Å². The molecular formula is C11H20N4O2S. The highest BCUT2D eigenvalue weighted by Crippen LogP contribution is 2.25. The fourth-order valence-electron chi connectivity index (χ4n) is 1.57. The van der Waals surface area contributed by atoms with Gasteiger partial charge >= 0.3 is 0 Å². The van der Waals surface area contributed by atoms with Crippen LogP contribution in [-0.4, -0.2) is 42.7 Å². The first-order valence-electron chi connectivity index (χ1n) is 5.61. The van der Waals surface area contributed by atoms with Crippen LogP contribution in [-0.2, 0) is 10.0 Å². The fraction of sp³-hybridized carbons (Fsp3) is 0.455. The van der Waals surface area contributed by atoms with Gasteiger partial charge in [-0.15, -0.1) is 0 Å². The Labute approximate surface area is 108 Å². The third-order valence-corrected chi connectivity index (χ3v) is 4.10. The van der Waals surface area contributed by atoms with E-state index in [0.717, 1.165) is 18.8 Å². The lowest BCUT2D eigenvalue weighted by atomic mass is 10.2. The van der Waals surface area contributed by atoms with E-state index in [-0.39, 0.29) is 4.90 Å². The first kappa shape index (κ1) is 14.7. The summed E-state index contributed by atoms with van der Waals surface area (Å²) in [5, 5.41) is 3.04. The molecule has 7 heteroatoms. The van der Waals surface area contributed by atoms with Crippen molar-refractivity contribution in [3.8, 4) is 0 Å². The molecule has 0 aliphatic carbocycles. The molecule has 0 heterocycles. The van der Waals surface area contributed by atoms with Crippen molar-refractivity contribution in [2.45, 2.75) is 4.90 Å². The summed E-state index contributed by atoms with van der Waals surface area (Å²) >= 11 is 0. The van der Waals surface area contributed by atoms with Gasteiger partial charge in [0.25, 0.3) is 0 Å². The van der Waals surface area contributed by atoms with E-state index in [0.29, 0.717) is 5.69 Å². The van der Waals surface area contributed by atoms with E-state index >= 15 is 0 Å². The third-order valence-electron chi connectivity index (χ3n) is 2.69. The molecule has 0 atom stereocenters. The first-order valence-corrected chi connectivity index (χ1v) is 7.09. The van der Waals surface area contributed by atoms with Crippen molar-refractivity contribution >= 4 is 21.4 Å². The Morgan fingerprint density at radius 2 is 2.00 bits per heavy atom. The third kappa shape index (κ3) is 3.34. The molecule has 102 valence electrons. The van der Waals surface area contributed by atoms with Gasteiger partial charge in [0.2, 0.25) is 10.0 Å². The van der Waals surface area contributed by atoms with Gasteiger partial charge in [-0.25, -0.2) is 13.1 Å². The number of nitrogens with two attached hydrogens (primary N) is 1. The molecule has 1 aromatic rings. The van der Waals surface area contributed by atoms with Crippen LogP contribution >= 0.6 is 0 Å². The van der Waals surface area contributed by atoms with Crippen molar-refractivity contribution in [3.05, 3.63) is 18.2 Å². The minimum absolute atomic E-state index is 0.174. The maximum Gasteiger partial charge on any atom is 0.240 e. The van der Waals surface area contributed by atoms with Gasteiger partial charge in [-0.3, -0.25) is 0 Å². The van der Waals surface area contributed by atoms with Crippen molar-refractivity contribution in [2.24, 2.45) is 0 Å². The fourth-order valence-corrected chi connectivity index (χ4v) is 2.33. The molecular weight excluding hydrogens is 252 g/mol. The number of nitrogens with one attached hydrogen (secondary N) is 2. The van der Waals surface area contributed by atoms with Crippen LogP contribution in [0, 0.1) is 0 Å². The van der Waals surface area contributed by atoms with Gasteiger partial charge in [0.1, 0.15) is 0 Å². The Morgan fingerprint density at radius 3 is 2.50 bits per heavy atom. The van der Waals surface area contributed by atoms with Gasteiger partial charge in [0.05, 0.1) is 16.3 Å². The molecule has 0 fully saturated rings. The Bertz CT molecular complexity index is 502. The van der Waals surface area contributed by atoms with Gasteiger partial charge in [0.15, 0.2) is 0 Å². The van der Waals surface area contributed by atoms with Gasteiger partial charge in [-0.05, 0) is 32.3 Å². The summed E-state index contributed by atoms with van der Waals surface area (Å²) in [5.41, 5.74) is 7.16. The SMILES string of the molecule is CNCCN(C)c1ccc(S(=O)(=O)NC)cc1N. The van der Waals surface area contributed by atoms with Gasteiger partial charge < -0.3 is 16.0 Å². The van der Waals surface area contributed by atoms with E-state index in [2.05, 4.69) is 10.0 Å². The van der Waals surface area contributed by atoms with E-state index in [1.54, 1.807) is 12.1 Å². The Kier molecular flexibility index (Phi) is 4.94. The monoisotopic (exact) mass is 272 g/mol. The number of likely N-dealkylation sites (N-methyl/N-ethyl adjacent to an activating group) is 2. The van der Waals surface area contributed by atoms with Crippen molar-refractivity contribution in [1.82, 2.24) is 10.0 Å². The largest absolute Gasteiger partial charge is 0.397 e. The van der Waals surface area contributed by atoms with Crippen LogP contribution in [0.1, 0.15) is 0 Å². The van der Waals surface area contributed by atoms with Crippen LogP contribution in [0.5, 0.6) is 0 Å². The number of nitrogens with zero attached hydrogens (tertiary/aromatic N) is 1. The van der Waals surface area contributed by atoms with Crippen LogP contribution in [0.4, 0.5) is 11.4 Å². The minimum Gasteiger partial charge on any atom is -0.397 e. The summed E-state index contributed by atoms with van der Waals surface area (Å²) in [4.78, 5) is 2.15. The molecule has 1 aromatic carbocycles. The lowest BCUT2D eigenvalue weighted by molar-refractivity contribution is 0.588. The molecule has 0 radical (unpaired) electrons. The maximum atomic E-state index is 11.6. The molecule has 0 saturated heterocycles. The van der Waals surface area contributed by atoms with Crippen LogP contribution in [0.15, 0.2) is 23.1 Å². The van der Waals surface area contributed by atoms with Crippen LogP contribution < -0.4 is 20.7 Å². The molecule has 1 rings (SSSR count). The molecule has 0 aromatic heterocycles. The van der Waals surface area contributed by atoms with Crippen LogP contribution in [0.2, 0.25) is 0 Å². The summed E-state index contributed by atoms with van der Waals surface area (Å²) in [5.74, 6) is 0. The van der Waals surface area contributed by atoms with Crippen molar-refractivity contribution in [3.63, 3.8) is 0 Å². The molecule has 0 amide bonds. The van der Waals surface area contributed by atoms with E-state index in [1.165, 1.54) is 13.1 Å². The number of rotatable bonds is 6. The quantitative estimate of drug-likeness (QED) is 0.626. The number of hydrogen-bond donors (Lipinski definition) is 3. The molecule has 0 unspecified atom stereocenters. The number of hydrogen-bond acceptors (Lipinski definition) is 5. The van der Waals surface area contributed by atoms with Crippen molar-refractivity contribution < 1.29 is 8.42 Å². The molecule has 0 aliphatic rings. The Hall–Kier alpha value is -1.31.